The predicted molar refractivity (Wildman–Crippen MR) is 114 cm³/mol. The summed E-state index contributed by atoms with van der Waals surface area (Å²) < 4.78 is 15.6. The molecule has 150 valence electrons. The van der Waals surface area contributed by atoms with Crippen molar-refractivity contribution in [1.82, 2.24) is 4.67 Å². The molecule has 3 aliphatic rings. The highest BCUT2D eigenvalue weighted by atomic mass is 28.4. The van der Waals surface area contributed by atoms with Crippen LogP contribution in [0.1, 0.15) is 71.8 Å². The number of hydrogen-bond acceptors (Lipinski definition) is 6. The summed E-state index contributed by atoms with van der Waals surface area (Å²) in [6.07, 6.45) is 6.71. The van der Waals surface area contributed by atoms with Gasteiger partial charge in [0.1, 0.15) is 0 Å². The molecule has 6 nitrogen and oxygen atoms in total. The van der Waals surface area contributed by atoms with E-state index in [2.05, 4.69) is 40.9 Å². The van der Waals surface area contributed by atoms with Crippen molar-refractivity contribution < 1.29 is 8.85 Å². The predicted octanol–water partition coefficient (Wildman–Crippen LogP) is 4.95. The molecule has 0 aromatic heterocycles. The zero-order chi connectivity index (χ0) is 19.8. The fourth-order valence-electron chi connectivity index (χ4n) is 4.61. The smallest absolute Gasteiger partial charge is 0.483 e. The Morgan fingerprint density at radius 3 is 2.43 bits per heavy atom. The van der Waals surface area contributed by atoms with Crippen molar-refractivity contribution in [1.29, 1.82) is 0 Å². The van der Waals surface area contributed by atoms with Gasteiger partial charge in [-0.1, -0.05) is 37.5 Å². The van der Waals surface area contributed by atoms with Gasteiger partial charge in [-0.05, 0) is 45.7 Å². The standard InChI is InChI=1S/C21H30N4O2Si/c1-16-15-21(3,4)25-24-20(18-11-7-5-8-12-18)27-28(25,26-17(2)23-22-16)19-13-9-6-10-14-19/h5,7-8,11-12,19H,6,9-10,13-15H2,1-4H3/b22-16-,23-17-. The molecule has 7 heteroatoms. The van der Waals surface area contributed by atoms with Crippen molar-refractivity contribution in [3.8, 4) is 0 Å². The van der Waals surface area contributed by atoms with Crippen molar-refractivity contribution in [2.75, 3.05) is 0 Å². The summed E-state index contributed by atoms with van der Waals surface area (Å²) in [6.45, 7) is 8.32. The van der Waals surface area contributed by atoms with Gasteiger partial charge in [0.15, 0.2) is 5.90 Å². The molecule has 0 saturated heterocycles. The number of hydrazone groups is 1. The average molecular weight is 399 g/mol. The molecule has 28 heavy (non-hydrogen) atoms. The summed E-state index contributed by atoms with van der Waals surface area (Å²) in [4.78, 5) is 0. The van der Waals surface area contributed by atoms with E-state index in [0.717, 1.165) is 30.5 Å². The molecule has 1 aromatic carbocycles. The molecule has 1 aliphatic carbocycles. The van der Waals surface area contributed by atoms with Crippen LogP contribution in [0.4, 0.5) is 0 Å². The Labute approximate surface area is 168 Å². The van der Waals surface area contributed by atoms with Crippen LogP contribution in [0.25, 0.3) is 0 Å². The molecule has 0 N–H and O–H groups in total. The molecule has 1 saturated carbocycles. The van der Waals surface area contributed by atoms with Crippen LogP contribution in [0.2, 0.25) is 5.54 Å². The van der Waals surface area contributed by atoms with Crippen molar-refractivity contribution in [3.05, 3.63) is 35.9 Å². The zero-order valence-electron chi connectivity index (χ0n) is 17.3. The third kappa shape index (κ3) is 3.48. The second kappa shape index (κ2) is 7.35. The summed E-state index contributed by atoms with van der Waals surface area (Å²) in [5.74, 6) is 1.25. The van der Waals surface area contributed by atoms with Gasteiger partial charge in [-0.15, -0.1) is 10.2 Å². The maximum Gasteiger partial charge on any atom is 0.610 e. The van der Waals surface area contributed by atoms with Gasteiger partial charge in [-0.2, -0.15) is 5.10 Å². The Balaban J connectivity index is 1.82. The highest BCUT2D eigenvalue weighted by Crippen LogP contribution is 2.46. The Hall–Kier alpha value is -2.15. The van der Waals surface area contributed by atoms with Crippen molar-refractivity contribution in [3.63, 3.8) is 0 Å². The van der Waals surface area contributed by atoms with E-state index in [1.54, 1.807) is 0 Å². The summed E-state index contributed by atoms with van der Waals surface area (Å²) in [6, 6.07) is 10.2. The van der Waals surface area contributed by atoms with E-state index in [9.17, 15) is 0 Å². The monoisotopic (exact) mass is 398 g/mol. The molecule has 2 aliphatic heterocycles. The minimum atomic E-state index is -2.91. The first-order valence-electron chi connectivity index (χ1n) is 10.3. The number of nitrogens with zero attached hydrogens (tertiary/aromatic N) is 4. The molecule has 0 bridgehead atoms. The minimum absolute atomic E-state index is 0.270. The van der Waals surface area contributed by atoms with Crippen molar-refractivity contribution >= 4 is 26.2 Å². The first-order chi connectivity index (χ1) is 13.4. The lowest BCUT2D eigenvalue weighted by Gasteiger charge is -2.44. The number of hydrogen-bond donors (Lipinski definition) is 0. The van der Waals surface area contributed by atoms with Gasteiger partial charge in [-0.25, -0.2) is 4.67 Å². The Morgan fingerprint density at radius 1 is 1.00 bits per heavy atom. The van der Waals surface area contributed by atoms with Gasteiger partial charge >= 0.3 is 8.72 Å². The summed E-state index contributed by atoms with van der Waals surface area (Å²) in [5.41, 5.74) is 2.06. The summed E-state index contributed by atoms with van der Waals surface area (Å²) in [7, 11) is -2.91. The van der Waals surface area contributed by atoms with E-state index < -0.39 is 8.72 Å². The van der Waals surface area contributed by atoms with Gasteiger partial charge < -0.3 is 8.85 Å². The van der Waals surface area contributed by atoms with Gasteiger partial charge in [-0.3, -0.25) is 0 Å². The maximum absolute atomic E-state index is 6.77. The topological polar surface area (TPSA) is 58.8 Å². The quantitative estimate of drug-likeness (QED) is 0.663. The molecule has 0 radical (unpaired) electrons. The lowest BCUT2D eigenvalue weighted by atomic mass is 9.99. The molecule has 0 spiro atoms. The van der Waals surface area contributed by atoms with Gasteiger partial charge in [0.2, 0.25) is 5.90 Å². The molecule has 4 rings (SSSR count). The summed E-state index contributed by atoms with van der Waals surface area (Å²) >= 11 is 0. The Bertz CT molecular complexity index is 815. The largest absolute Gasteiger partial charge is 0.610 e. The summed E-state index contributed by atoms with van der Waals surface area (Å²) in [5, 5.41) is 13.8. The van der Waals surface area contributed by atoms with Crippen LogP contribution in [0, 0.1) is 0 Å². The van der Waals surface area contributed by atoms with E-state index in [1.165, 1.54) is 19.3 Å². The van der Waals surface area contributed by atoms with E-state index >= 15 is 0 Å². The lowest BCUT2D eigenvalue weighted by Crippen LogP contribution is -2.64. The molecule has 1 fully saturated rings. The number of fused-ring (bicyclic) bond motifs is 1. The van der Waals surface area contributed by atoms with Gasteiger partial charge in [0, 0.05) is 30.2 Å². The second-order valence-corrected chi connectivity index (χ2v) is 11.6. The van der Waals surface area contributed by atoms with E-state index in [4.69, 9.17) is 14.0 Å². The Morgan fingerprint density at radius 2 is 1.71 bits per heavy atom. The van der Waals surface area contributed by atoms with Crippen molar-refractivity contribution in [2.45, 2.75) is 77.3 Å². The molecule has 1 unspecified atom stereocenters. The van der Waals surface area contributed by atoms with Crippen LogP contribution in [0.3, 0.4) is 0 Å². The molecule has 1 atom stereocenters. The maximum atomic E-state index is 6.77. The van der Waals surface area contributed by atoms with Crippen molar-refractivity contribution in [2.24, 2.45) is 15.3 Å². The van der Waals surface area contributed by atoms with E-state index in [1.807, 2.05) is 32.0 Å². The zero-order valence-corrected chi connectivity index (χ0v) is 18.3. The van der Waals surface area contributed by atoms with Crippen LogP contribution in [-0.4, -0.2) is 36.4 Å². The third-order valence-electron chi connectivity index (χ3n) is 5.79. The number of benzene rings is 1. The van der Waals surface area contributed by atoms with E-state index in [-0.39, 0.29) is 5.54 Å². The third-order valence-corrected chi connectivity index (χ3v) is 9.77. The normalized spacial score (nSPS) is 31.6. The molecule has 2 heterocycles. The first-order valence-corrected chi connectivity index (χ1v) is 12.1. The molecule has 0 amide bonds. The van der Waals surface area contributed by atoms with Crippen LogP contribution in [0.15, 0.2) is 45.6 Å². The van der Waals surface area contributed by atoms with Crippen LogP contribution in [0.5, 0.6) is 0 Å². The van der Waals surface area contributed by atoms with Crippen LogP contribution >= 0.6 is 0 Å². The first kappa shape index (κ1) is 19.2. The lowest BCUT2D eigenvalue weighted by molar-refractivity contribution is 0.160. The van der Waals surface area contributed by atoms with Crippen LogP contribution < -0.4 is 0 Å². The second-order valence-electron chi connectivity index (χ2n) is 8.70. The van der Waals surface area contributed by atoms with Crippen LogP contribution in [-0.2, 0) is 8.85 Å². The average Bonchev–Trinajstić information content (AvgIpc) is 3.09. The molecular formula is C21H30N4O2Si. The SMILES string of the molecule is C/C1=N/N=C(/C)O[Si]2(C3CCCCC3)OC(c3ccccc3)=NN2C(C)(C)C1. The Kier molecular flexibility index (Phi) is 5.03. The fourth-order valence-corrected chi connectivity index (χ4v) is 8.70. The van der Waals surface area contributed by atoms with E-state index in [0.29, 0.717) is 17.3 Å². The molecular weight excluding hydrogens is 368 g/mol. The highest BCUT2D eigenvalue weighted by molar-refractivity contribution is 6.70. The highest BCUT2D eigenvalue weighted by Gasteiger charge is 2.65. The fraction of sp³-hybridized carbons (Fsp3) is 0.571. The van der Waals surface area contributed by atoms with Gasteiger partial charge in [0.05, 0.1) is 5.54 Å². The molecule has 1 aromatic rings. The number of rotatable bonds is 2. The van der Waals surface area contributed by atoms with Gasteiger partial charge in [0.25, 0.3) is 0 Å². The minimum Gasteiger partial charge on any atom is -0.483 e.